The molecule has 1 aromatic rings. The number of nitrogens with two attached hydrogens (primary N) is 1. The van der Waals surface area contributed by atoms with E-state index in [1.165, 1.54) is 6.07 Å². The van der Waals surface area contributed by atoms with Crippen LogP contribution in [0, 0.1) is 17.6 Å². The zero-order chi connectivity index (χ0) is 13.0. The summed E-state index contributed by atoms with van der Waals surface area (Å²) >= 11 is 0. The van der Waals surface area contributed by atoms with Crippen LogP contribution >= 0.6 is 0 Å². The molecule has 2 unspecified atom stereocenters. The predicted molar refractivity (Wildman–Crippen MR) is 62.5 cm³/mol. The third-order valence-corrected chi connectivity index (χ3v) is 2.99. The van der Waals surface area contributed by atoms with E-state index in [1.807, 2.05) is 13.8 Å². The zero-order valence-corrected chi connectivity index (χ0v) is 10.0. The molecule has 0 fully saturated rings. The average molecular weight is 241 g/mol. The Bertz CT molecular complexity index is 406. The summed E-state index contributed by atoms with van der Waals surface area (Å²) < 4.78 is 25.6. The number of halogens is 2. The quantitative estimate of drug-likeness (QED) is 0.860. The van der Waals surface area contributed by atoms with Crippen LogP contribution in [0.1, 0.15) is 25.8 Å². The van der Waals surface area contributed by atoms with Gasteiger partial charge in [-0.15, -0.1) is 0 Å². The van der Waals surface area contributed by atoms with Crippen molar-refractivity contribution >= 4 is 5.78 Å². The van der Waals surface area contributed by atoms with Gasteiger partial charge < -0.3 is 5.73 Å². The van der Waals surface area contributed by atoms with Crippen LogP contribution in [0.25, 0.3) is 0 Å². The second kappa shape index (κ2) is 5.87. The van der Waals surface area contributed by atoms with Crippen LogP contribution in [0.4, 0.5) is 8.78 Å². The van der Waals surface area contributed by atoms with Crippen LogP contribution < -0.4 is 5.73 Å². The first kappa shape index (κ1) is 13.8. The third-order valence-electron chi connectivity index (χ3n) is 2.99. The van der Waals surface area contributed by atoms with Gasteiger partial charge in [0.25, 0.3) is 0 Å². The van der Waals surface area contributed by atoms with E-state index in [2.05, 4.69) is 0 Å². The van der Waals surface area contributed by atoms with Crippen molar-refractivity contribution in [3.05, 3.63) is 35.4 Å². The number of carbonyl (C=O) groups excluding carboxylic acids is 1. The Morgan fingerprint density at radius 2 is 2.00 bits per heavy atom. The molecule has 2 atom stereocenters. The highest BCUT2D eigenvalue weighted by Crippen LogP contribution is 2.12. The molecule has 0 amide bonds. The molecule has 1 aromatic carbocycles. The van der Waals surface area contributed by atoms with Crippen LogP contribution in [0.2, 0.25) is 0 Å². The Balaban J connectivity index is 2.71. The SMILES string of the molecule is CCC(C)C(N)C(=O)Cc1ccc(F)c(F)c1. The van der Waals surface area contributed by atoms with Crippen molar-refractivity contribution < 1.29 is 13.6 Å². The van der Waals surface area contributed by atoms with Gasteiger partial charge in [-0.3, -0.25) is 4.79 Å². The first-order valence-electron chi connectivity index (χ1n) is 5.68. The second-order valence-corrected chi connectivity index (χ2v) is 4.30. The molecule has 0 aliphatic carbocycles. The minimum Gasteiger partial charge on any atom is -0.321 e. The van der Waals surface area contributed by atoms with Gasteiger partial charge in [-0.1, -0.05) is 26.3 Å². The monoisotopic (exact) mass is 241 g/mol. The topological polar surface area (TPSA) is 43.1 Å². The van der Waals surface area contributed by atoms with Gasteiger partial charge in [0, 0.05) is 6.42 Å². The van der Waals surface area contributed by atoms with Crippen LogP contribution in [0.5, 0.6) is 0 Å². The largest absolute Gasteiger partial charge is 0.321 e. The standard InChI is InChI=1S/C13H17F2NO/c1-3-8(2)13(16)12(17)7-9-4-5-10(14)11(15)6-9/h4-6,8,13H,3,7,16H2,1-2H3. The minimum absolute atomic E-state index is 0.0444. The molecule has 2 N–H and O–H groups in total. The summed E-state index contributed by atoms with van der Waals surface area (Å²) in [7, 11) is 0. The van der Waals surface area contributed by atoms with E-state index in [1.54, 1.807) is 0 Å². The van der Waals surface area contributed by atoms with Gasteiger partial charge in [-0.2, -0.15) is 0 Å². The highest BCUT2D eigenvalue weighted by Gasteiger charge is 2.19. The normalized spacial score (nSPS) is 14.4. The molecule has 94 valence electrons. The summed E-state index contributed by atoms with van der Waals surface area (Å²) in [5.74, 6) is -1.90. The zero-order valence-electron chi connectivity index (χ0n) is 10.0. The van der Waals surface area contributed by atoms with Crippen molar-refractivity contribution in [1.29, 1.82) is 0 Å². The lowest BCUT2D eigenvalue weighted by Crippen LogP contribution is -2.37. The summed E-state index contributed by atoms with van der Waals surface area (Å²) in [5.41, 5.74) is 6.22. The molecule has 0 aliphatic rings. The fourth-order valence-electron chi connectivity index (χ4n) is 1.54. The van der Waals surface area contributed by atoms with Crippen molar-refractivity contribution in [3.63, 3.8) is 0 Å². The van der Waals surface area contributed by atoms with Crippen molar-refractivity contribution in [2.75, 3.05) is 0 Å². The van der Waals surface area contributed by atoms with Crippen molar-refractivity contribution in [1.82, 2.24) is 0 Å². The van der Waals surface area contributed by atoms with E-state index < -0.39 is 17.7 Å². The number of ketones is 1. The van der Waals surface area contributed by atoms with Crippen LogP contribution in [-0.4, -0.2) is 11.8 Å². The molecule has 0 heterocycles. The minimum atomic E-state index is -0.938. The Morgan fingerprint density at radius 1 is 1.35 bits per heavy atom. The van der Waals surface area contributed by atoms with Gasteiger partial charge in [0.2, 0.25) is 0 Å². The van der Waals surface area contributed by atoms with E-state index in [-0.39, 0.29) is 18.1 Å². The maximum absolute atomic E-state index is 12.9. The van der Waals surface area contributed by atoms with Crippen molar-refractivity contribution in [2.24, 2.45) is 11.7 Å². The summed E-state index contributed by atoms with van der Waals surface area (Å²) in [6.07, 6.45) is 0.855. The highest BCUT2D eigenvalue weighted by molar-refractivity contribution is 5.86. The van der Waals surface area contributed by atoms with Crippen LogP contribution in [-0.2, 0) is 11.2 Å². The predicted octanol–water partition coefficient (Wildman–Crippen LogP) is 2.45. The Kier molecular flexibility index (Phi) is 4.75. The first-order chi connectivity index (χ1) is 7.95. The van der Waals surface area contributed by atoms with E-state index in [0.717, 1.165) is 18.6 Å². The maximum Gasteiger partial charge on any atom is 0.159 e. The molecule has 0 saturated carbocycles. The maximum atomic E-state index is 12.9. The Labute approximate surface area is 99.8 Å². The summed E-state index contributed by atoms with van der Waals surface area (Å²) in [5, 5.41) is 0. The summed E-state index contributed by atoms with van der Waals surface area (Å²) in [6, 6.07) is 2.91. The van der Waals surface area contributed by atoms with Crippen molar-refractivity contribution in [3.8, 4) is 0 Å². The fraction of sp³-hybridized carbons (Fsp3) is 0.462. The first-order valence-corrected chi connectivity index (χ1v) is 5.68. The highest BCUT2D eigenvalue weighted by atomic mass is 19.2. The van der Waals surface area contributed by atoms with Crippen LogP contribution in [0.15, 0.2) is 18.2 Å². The number of hydrogen-bond donors (Lipinski definition) is 1. The number of benzene rings is 1. The van der Waals surface area contributed by atoms with E-state index in [9.17, 15) is 13.6 Å². The number of hydrogen-bond acceptors (Lipinski definition) is 2. The lowest BCUT2D eigenvalue weighted by atomic mass is 9.93. The van der Waals surface area contributed by atoms with Gasteiger partial charge in [-0.25, -0.2) is 8.78 Å². The lowest BCUT2D eigenvalue weighted by molar-refractivity contribution is -0.120. The van der Waals surface area contributed by atoms with E-state index >= 15 is 0 Å². The summed E-state index contributed by atoms with van der Waals surface area (Å²) in [4.78, 5) is 11.8. The number of rotatable bonds is 5. The van der Waals surface area contributed by atoms with Gasteiger partial charge in [0.15, 0.2) is 17.4 Å². The summed E-state index contributed by atoms with van der Waals surface area (Å²) in [6.45, 7) is 3.85. The lowest BCUT2D eigenvalue weighted by Gasteiger charge is -2.16. The molecule has 0 aromatic heterocycles. The van der Waals surface area contributed by atoms with E-state index in [4.69, 9.17) is 5.73 Å². The molecule has 17 heavy (non-hydrogen) atoms. The molecule has 0 saturated heterocycles. The Hall–Kier alpha value is -1.29. The molecule has 0 spiro atoms. The van der Waals surface area contributed by atoms with Gasteiger partial charge in [0.1, 0.15) is 0 Å². The average Bonchev–Trinajstić information content (AvgIpc) is 2.31. The molecule has 0 aliphatic heterocycles. The Morgan fingerprint density at radius 3 is 2.53 bits per heavy atom. The number of carbonyl (C=O) groups is 1. The molecule has 0 radical (unpaired) electrons. The second-order valence-electron chi connectivity index (χ2n) is 4.30. The fourth-order valence-corrected chi connectivity index (χ4v) is 1.54. The smallest absolute Gasteiger partial charge is 0.159 e. The molecular formula is C13H17F2NO. The van der Waals surface area contributed by atoms with Gasteiger partial charge in [0.05, 0.1) is 6.04 Å². The van der Waals surface area contributed by atoms with Crippen molar-refractivity contribution in [2.45, 2.75) is 32.7 Å². The van der Waals surface area contributed by atoms with Gasteiger partial charge >= 0.3 is 0 Å². The molecule has 2 nitrogen and oxygen atoms in total. The molecule has 4 heteroatoms. The molecule has 1 rings (SSSR count). The number of Topliss-reactive ketones (excluding diaryl/α,β-unsaturated/α-hetero) is 1. The van der Waals surface area contributed by atoms with Crippen LogP contribution in [0.3, 0.4) is 0 Å². The van der Waals surface area contributed by atoms with E-state index in [0.29, 0.717) is 5.56 Å². The molecular weight excluding hydrogens is 224 g/mol. The molecule has 0 bridgehead atoms. The third kappa shape index (κ3) is 3.60. The van der Waals surface area contributed by atoms with Gasteiger partial charge in [-0.05, 0) is 23.6 Å².